The number of hydrogen-bond donors (Lipinski definition) is 1. The average molecular weight is 207 g/mol. The predicted octanol–water partition coefficient (Wildman–Crippen LogP) is 2.46. The highest BCUT2D eigenvalue weighted by Gasteiger charge is 2.33. The quantitative estimate of drug-likeness (QED) is 0.827. The minimum Gasteiger partial charge on any atom is -0.478 e. The summed E-state index contributed by atoms with van der Waals surface area (Å²) in [6.45, 7) is 7.10. The van der Waals surface area contributed by atoms with E-state index in [4.69, 9.17) is 5.11 Å². The number of hydrogen-bond acceptors (Lipinski definition) is 1. The van der Waals surface area contributed by atoms with Gasteiger partial charge in [0.2, 0.25) is 0 Å². The third-order valence-corrected chi connectivity index (χ3v) is 3.50. The zero-order valence-corrected chi connectivity index (χ0v) is 9.45. The molecule has 0 bridgehead atoms. The summed E-state index contributed by atoms with van der Waals surface area (Å²) < 4.78 is 2.14. The Morgan fingerprint density at radius 1 is 1.60 bits per heavy atom. The number of carboxylic acids is 1. The SMILES string of the molecule is Cc1cc(C(=O)O)c(C)n1CC1CC1C. The van der Waals surface area contributed by atoms with Crippen LogP contribution in [0.3, 0.4) is 0 Å². The minimum atomic E-state index is -0.821. The molecule has 1 aromatic heterocycles. The molecule has 1 heterocycles. The van der Waals surface area contributed by atoms with Crippen LogP contribution in [-0.2, 0) is 6.54 Å². The Labute approximate surface area is 89.7 Å². The van der Waals surface area contributed by atoms with Gasteiger partial charge in [-0.15, -0.1) is 0 Å². The molecule has 2 atom stereocenters. The lowest BCUT2D eigenvalue weighted by molar-refractivity contribution is 0.0696. The predicted molar refractivity (Wildman–Crippen MR) is 58.1 cm³/mol. The number of aromatic nitrogens is 1. The van der Waals surface area contributed by atoms with E-state index < -0.39 is 5.97 Å². The normalized spacial score (nSPS) is 24.2. The lowest BCUT2D eigenvalue weighted by Gasteiger charge is -2.08. The molecule has 1 saturated carbocycles. The summed E-state index contributed by atoms with van der Waals surface area (Å²) in [5.41, 5.74) is 2.39. The Balaban J connectivity index is 2.26. The largest absolute Gasteiger partial charge is 0.478 e. The van der Waals surface area contributed by atoms with Crippen molar-refractivity contribution in [3.05, 3.63) is 23.0 Å². The summed E-state index contributed by atoms with van der Waals surface area (Å²) in [4.78, 5) is 10.9. The van der Waals surface area contributed by atoms with Gasteiger partial charge in [-0.2, -0.15) is 0 Å². The molecule has 2 unspecified atom stereocenters. The first kappa shape index (κ1) is 10.3. The van der Waals surface area contributed by atoms with E-state index in [0.717, 1.165) is 29.8 Å². The molecular formula is C12H17NO2. The van der Waals surface area contributed by atoms with Crippen molar-refractivity contribution in [2.45, 2.75) is 33.7 Å². The molecule has 0 aliphatic heterocycles. The summed E-state index contributed by atoms with van der Waals surface area (Å²) in [6, 6.07) is 1.77. The monoisotopic (exact) mass is 207 g/mol. The van der Waals surface area contributed by atoms with Gasteiger partial charge in [0.15, 0.2) is 0 Å². The van der Waals surface area contributed by atoms with Crippen molar-refractivity contribution in [3.63, 3.8) is 0 Å². The maximum Gasteiger partial charge on any atom is 0.337 e. The molecule has 3 nitrogen and oxygen atoms in total. The zero-order chi connectivity index (χ0) is 11.2. The zero-order valence-electron chi connectivity index (χ0n) is 9.45. The maximum atomic E-state index is 10.9. The molecule has 0 saturated heterocycles. The molecule has 1 N–H and O–H groups in total. The topological polar surface area (TPSA) is 42.2 Å². The van der Waals surface area contributed by atoms with Crippen molar-refractivity contribution in [2.75, 3.05) is 0 Å². The van der Waals surface area contributed by atoms with Crippen LogP contribution in [0.4, 0.5) is 0 Å². The van der Waals surface area contributed by atoms with Gasteiger partial charge in [-0.1, -0.05) is 6.92 Å². The molecule has 0 radical (unpaired) electrons. The first-order valence-electron chi connectivity index (χ1n) is 5.40. The van der Waals surface area contributed by atoms with Gasteiger partial charge in [-0.05, 0) is 38.2 Å². The lowest BCUT2D eigenvalue weighted by Crippen LogP contribution is -2.06. The fourth-order valence-electron chi connectivity index (χ4n) is 2.19. The first-order valence-corrected chi connectivity index (χ1v) is 5.40. The van der Waals surface area contributed by atoms with Crippen LogP contribution in [0.15, 0.2) is 6.07 Å². The third-order valence-electron chi connectivity index (χ3n) is 3.50. The van der Waals surface area contributed by atoms with Gasteiger partial charge in [0.05, 0.1) is 5.56 Å². The molecular weight excluding hydrogens is 190 g/mol. The molecule has 3 heteroatoms. The molecule has 1 fully saturated rings. The van der Waals surface area contributed by atoms with Crippen LogP contribution in [0.2, 0.25) is 0 Å². The standard InChI is InChI=1S/C12H17NO2/c1-7-4-10(7)6-13-8(2)5-11(9(13)3)12(14)15/h5,7,10H,4,6H2,1-3H3,(H,14,15). The van der Waals surface area contributed by atoms with Crippen LogP contribution in [0.5, 0.6) is 0 Å². The van der Waals surface area contributed by atoms with Crippen LogP contribution in [0, 0.1) is 25.7 Å². The Morgan fingerprint density at radius 2 is 2.20 bits per heavy atom. The van der Waals surface area contributed by atoms with E-state index in [1.807, 2.05) is 13.8 Å². The van der Waals surface area contributed by atoms with Gasteiger partial charge in [0.25, 0.3) is 0 Å². The van der Waals surface area contributed by atoms with E-state index in [1.54, 1.807) is 6.07 Å². The number of carbonyl (C=O) groups is 1. The first-order chi connectivity index (χ1) is 7.00. The minimum absolute atomic E-state index is 0.445. The number of nitrogens with zero attached hydrogens (tertiary/aromatic N) is 1. The van der Waals surface area contributed by atoms with Crippen LogP contribution in [0.1, 0.15) is 35.1 Å². The fourth-order valence-corrected chi connectivity index (χ4v) is 2.19. The van der Waals surface area contributed by atoms with Crippen LogP contribution >= 0.6 is 0 Å². The maximum absolute atomic E-state index is 10.9. The number of aromatic carboxylic acids is 1. The number of carboxylic acid groups (broad SMARTS) is 1. The summed E-state index contributed by atoms with van der Waals surface area (Å²) in [5.74, 6) is 0.731. The molecule has 0 aromatic carbocycles. The van der Waals surface area contributed by atoms with Gasteiger partial charge in [0, 0.05) is 17.9 Å². The smallest absolute Gasteiger partial charge is 0.337 e. The molecule has 1 aromatic rings. The van der Waals surface area contributed by atoms with Crippen LogP contribution < -0.4 is 0 Å². The number of aryl methyl sites for hydroxylation is 1. The van der Waals surface area contributed by atoms with Crippen molar-refractivity contribution < 1.29 is 9.90 Å². The Bertz CT molecular complexity index is 406. The Morgan fingerprint density at radius 3 is 2.60 bits per heavy atom. The van der Waals surface area contributed by atoms with Gasteiger partial charge in [-0.25, -0.2) is 4.79 Å². The number of rotatable bonds is 3. The van der Waals surface area contributed by atoms with Crippen LogP contribution in [-0.4, -0.2) is 15.6 Å². The summed E-state index contributed by atoms with van der Waals surface area (Å²) in [6.07, 6.45) is 1.28. The van der Waals surface area contributed by atoms with Crippen molar-refractivity contribution in [1.29, 1.82) is 0 Å². The highest BCUT2D eigenvalue weighted by molar-refractivity contribution is 5.89. The van der Waals surface area contributed by atoms with E-state index in [9.17, 15) is 4.79 Å². The van der Waals surface area contributed by atoms with Crippen LogP contribution in [0.25, 0.3) is 0 Å². The highest BCUT2D eigenvalue weighted by Crippen LogP contribution is 2.39. The van der Waals surface area contributed by atoms with Gasteiger partial charge in [0.1, 0.15) is 0 Å². The average Bonchev–Trinajstić information content (AvgIpc) is 2.77. The highest BCUT2D eigenvalue weighted by atomic mass is 16.4. The van der Waals surface area contributed by atoms with Crippen molar-refractivity contribution >= 4 is 5.97 Å². The second-order valence-electron chi connectivity index (χ2n) is 4.67. The molecule has 1 aliphatic rings. The van der Waals surface area contributed by atoms with E-state index in [-0.39, 0.29) is 0 Å². The summed E-state index contributed by atoms with van der Waals surface area (Å²) >= 11 is 0. The molecule has 0 amide bonds. The molecule has 0 spiro atoms. The second-order valence-corrected chi connectivity index (χ2v) is 4.67. The Kier molecular flexibility index (Phi) is 2.33. The van der Waals surface area contributed by atoms with E-state index in [0.29, 0.717) is 5.56 Å². The second kappa shape index (κ2) is 3.40. The molecule has 15 heavy (non-hydrogen) atoms. The molecule has 1 aliphatic carbocycles. The molecule has 82 valence electrons. The fraction of sp³-hybridized carbons (Fsp3) is 0.583. The van der Waals surface area contributed by atoms with Gasteiger partial charge < -0.3 is 9.67 Å². The van der Waals surface area contributed by atoms with Crippen molar-refractivity contribution in [1.82, 2.24) is 4.57 Å². The third kappa shape index (κ3) is 1.78. The summed E-state index contributed by atoms with van der Waals surface area (Å²) in [5, 5.41) is 8.99. The van der Waals surface area contributed by atoms with E-state index >= 15 is 0 Å². The summed E-state index contributed by atoms with van der Waals surface area (Å²) in [7, 11) is 0. The lowest BCUT2D eigenvalue weighted by atomic mass is 10.2. The van der Waals surface area contributed by atoms with Crippen molar-refractivity contribution in [3.8, 4) is 0 Å². The van der Waals surface area contributed by atoms with E-state index in [2.05, 4.69) is 11.5 Å². The molecule has 2 rings (SSSR count). The van der Waals surface area contributed by atoms with Gasteiger partial charge >= 0.3 is 5.97 Å². The van der Waals surface area contributed by atoms with Crippen molar-refractivity contribution in [2.24, 2.45) is 11.8 Å². The van der Waals surface area contributed by atoms with Gasteiger partial charge in [-0.3, -0.25) is 0 Å². The Hall–Kier alpha value is -1.25. The van der Waals surface area contributed by atoms with E-state index in [1.165, 1.54) is 6.42 Å².